The van der Waals surface area contributed by atoms with E-state index in [1.165, 1.54) is 0 Å². The zero-order valence-electron chi connectivity index (χ0n) is 14.2. The van der Waals surface area contributed by atoms with Gasteiger partial charge < -0.3 is 24.4 Å². The maximum Gasteiger partial charge on any atom is 0.251 e. The standard InChI is InChI=1S/C19H18N2O5/c1-24-15-4-2-3-14(9-15)21-10-13(8-18(21)22)20-19(23)12-5-6-16-17(7-12)26-11-25-16/h2-7,9,13H,8,10-11H2,1H3,(H,20,23)/t13-/m1/s1. The molecule has 0 saturated carbocycles. The summed E-state index contributed by atoms with van der Waals surface area (Å²) in [4.78, 5) is 26.5. The van der Waals surface area contributed by atoms with Crippen molar-refractivity contribution in [3.63, 3.8) is 0 Å². The van der Waals surface area contributed by atoms with Crippen molar-refractivity contribution in [2.75, 3.05) is 25.3 Å². The number of amides is 2. The van der Waals surface area contributed by atoms with Gasteiger partial charge in [0.15, 0.2) is 11.5 Å². The number of nitrogens with one attached hydrogen (secondary N) is 1. The van der Waals surface area contributed by atoms with Crippen LogP contribution in [0.2, 0.25) is 0 Å². The van der Waals surface area contributed by atoms with Gasteiger partial charge in [-0.15, -0.1) is 0 Å². The van der Waals surface area contributed by atoms with E-state index in [9.17, 15) is 9.59 Å². The Labute approximate surface area is 150 Å². The Morgan fingerprint density at radius 2 is 2.04 bits per heavy atom. The molecule has 0 radical (unpaired) electrons. The number of rotatable bonds is 4. The molecule has 2 aliphatic heterocycles. The minimum atomic E-state index is -0.258. The molecule has 0 unspecified atom stereocenters. The van der Waals surface area contributed by atoms with Crippen LogP contribution in [-0.2, 0) is 4.79 Å². The molecule has 1 N–H and O–H groups in total. The molecule has 2 aliphatic rings. The van der Waals surface area contributed by atoms with Gasteiger partial charge in [-0.2, -0.15) is 0 Å². The summed E-state index contributed by atoms with van der Waals surface area (Å²) < 4.78 is 15.7. The van der Waals surface area contributed by atoms with Crippen molar-refractivity contribution in [2.24, 2.45) is 0 Å². The van der Waals surface area contributed by atoms with Crippen LogP contribution in [0.15, 0.2) is 42.5 Å². The van der Waals surface area contributed by atoms with E-state index in [0.29, 0.717) is 29.4 Å². The zero-order valence-corrected chi connectivity index (χ0v) is 14.2. The molecule has 2 aromatic rings. The quantitative estimate of drug-likeness (QED) is 0.908. The van der Waals surface area contributed by atoms with E-state index in [4.69, 9.17) is 14.2 Å². The fraction of sp³-hybridized carbons (Fsp3) is 0.263. The zero-order chi connectivity index (χ0) is 18.1. The van der Waals surface area contributed by atoms with Crippen molar-refractivity contribution in [3.05, 3.63) is 48.0 Å². The third-order valence-electron chi connectivity index (χ3n) is 4.46. The Morgan fingerprint density at radius 1 is 1.19 bits per heavy atom. The van der Waals surface area contributed by atoms with Gasteiger partial charge >= 0.3 is 0 Å². The number of hydrogen-bond donors (Lipinski definition) is 1. The SMILES string of the molecule is COc1cccc(N2C[C@H](NC(=O)c3ccc4c(c3)OCO4)CC2=O)c1. The number of carbonyl (C=O) groups excluding carboxylic acids is 2. The normalized spacial score (nSPS) is 18.1. The maximum absolute atomic E-state index is 12.5. The smallest absolute Gasteiger partial charge is 0.251 e. The van der Waals surface area contributed by atoms with Crippen LogP contribution >= 0.6 is 0 Å². The third-order valence-corrected chi connectivity index (χ3v) is 4.46. The van der Waals surface area contributed by atoms with Crippen LogP contribution in [0.4, 0.5) is 5.69 Å². The highest BCUT2D eigenvalue weighted by atomic mass is 16.7. The van der Waals surface area contributed by atoms with Crippen molar-refractivity contribution in [3.8, 4) is 17.2 Å². The van der Waals surface area contributed by atoms with Crippen molar-refractivity contribution < 1.29 is 23.8 Å². The Hall–Kier alpha value is -3.22. The van der Waals surface area contributed by atoms with Crippen molar-refractivity contribution >= 4 is 17.5 Å². The van der Waals surface area contributed by atoms with E-state index in [-0.39, 0.29) is 31.1 Å². The van der Waals surface area contributed by atoms with Gasteiger partial charge in [0.25, 0.3) is 5.91 Å². The molecule has 134 valence electrons. The molecule has 0 bridgehead atoms. The van der Waals surface area contributed by atoms with Gasteiger partial charge in [-0.05, 0) is 30.3 Å². The molecule has 0 aliphatic carbocycles. The number of fused-ring (bicyclic) bond motifs is 1. The number of benzene rings is 2. The first-order valence-electron chi connectivity index (χ1n) is 8.29. The predicted octanol–water partition coefficient (Wildman–Crippen LogP) is 1.96. The number of carbonyl (C=O) groups is 2. The average Bonchev–Trinajstić information content (AvgIpc) is 3.27. The molecule has 0 aromatic heterocycles. The van der Waals surface area contributed by atoms with Crippen LogP contribution in [0, 0.1) is 0 Å². The monoisotopic (exact) mass is 354 g/mol. The lowest BCUT2D eigenvalue weighted by Gasteiger charge is -2.18. The summed E-state index contributed by atoms with van der Waals surface area (Å²) in [6, 6.07) is 12.1. The fourth-order valence-electron chi connectivity index (χ4n) is 3.14. The van der Waals surface area contributed by atoms with E-state index in [2.05, 4.69) is 5.32 Å². The second-order valence-electron chi connectivity index (χ2n) is 6.15. The molecular formula is C19H18N2O5. The topological polar surface area (TPSA) is 77.1 Å². The van der Waals surface area contributed by atoms with Gasteiger partial charge in [0.05, 0.1) is 13.2 Å². The van der Waals surface area contributed by atoms with E-state index in [1.54, 1.807) is 36.3 Å². The van der Waals surface area contributed by atoms with Gasteiger partial charge in [0.2, 0.25) is 12.7 Å². The van der Waals surface area contributed by atoms with Gasteiger partial charge in [-0.1, -0.05) is 6.07 Å². The predicted molar refractivity (Wildman–Crippen MR) is 93.8 cm³/mol. The third kappa shape index (κ3) is 3.03. The van der Waals surface area contributed by atoms with Gasteiger partial charge in [-0.3, -0.25) is 9.59 Å². The number of hydrogen-bond acceptors (Lipinski definition) is 5. The average molecular weight is 354 g/mol. The Balaban J connectivity index is 1.44. The summed E-state index contributed by atoms with van der Waals surface area (Å²) in [5, 5.41) is 2.92. The maximum atomic E-state index is 12.5. The summed E-state index contributed by atoms with van der Waals surface area (Å²) in [7, 11) is 1.58. The van der Waals surface area contributed by atoms with Gasteiger partial charge in [0, 0.05) is 30.3 Å². The molecular weight excluding hydrogens is 336 g/mol. The van der Waals surface area contributed by atoms with Crippen molar-refractivity contribution in [1.82, 2.24) is 5.32 Å². The number of anilines is 1. The summed E-state index contributed by atoms with van der Waals surface area (Å²) in [6.07, 6.45) is 0.257. The minimum absolute atomic E-state index is 0.0331. The summed E-state index contributed by atoms with van der Waals surface area (Å²) in [5.41, 5.74) is 1.23. The van der Waals surface area contributed by atoms with Gasteiger partial charge in [0.1, 0.15) is 5.75 Å². The highest BCUT2D eigenvalue weighted by Crippen LogP contribution is 2.32. The van der Waals surface area contributed by atoms with Crippen LogP contribution in [0.1, 0.15) is 16.8 Å². The molecule has 2 amide bonds. The molecule has 1 saturated heterocycles. The van der Waals surface area contributed by atoms with Crippen LogP contribution < -0.4 is 24.4 Å². The van der Waals surface area contributed by atoms with E-state index in [1.807, 2.05) is 18.2 Å². The minimum Gasteiger partial charge on any atom is -0.497 e. The van der Waals surface area contributed by atoms with Crippen LogP contribution in [0.25, 0.3) is 0 Å². The fourth-order valence-corrected chi connectivity index (χ4v) is 3.14. The number of methoxy groups -OCH3 is 1. The Bertz CT molecular complexity index is 867. The highest BCUT2D eigenvalue weighted by Gasteiger charge is 2.32. The molecule has 1 atom stereocenters. The molecule has 4 rings (SSSR count). The summed E-state index contributed by atoms with van der Waals surface area (Å²) in [5.74, 6) is 1.59. The first-order valence-corrected chi connectivity index (χ1v) is 8.29. The first-order chi connectivity index (χ1) is 12.6. The first kappa shape index (κ1) is 16.3. The summed E-state index contributed by atoms with van der Waals surface area (Å²) in [6.45, 7) is 0.579. The molecule has 0 spiro atoms. The van der Waals surface area contributed by atoms with E-state index < -0.39 is 0 Å². The van der Waals surface area contributed by atoms with Crippen LogP contribution in [-0.4, -0.2) is 38.3 Å². The molecule has 2 heterocycles. The molecule has 7 heteroatoms. The number of nitrogens with zero attached hydrogens (tertiary/aromatic N) is 1. The molecule has 1 fully saturated rings. The Kier molecular flexibility index (Phi) is 4.12. The number of ether oxygens (including phenoxy) is 3. The second kappa shape index (κ2) is 6.59. The molecule has 2 aromatic carbocycles. The van der Waals surface area contributed by atoms with Crippen LogP contribution in [0.5, 0.6) is 17.2 Å². The largest absolute Gasteiger partial charge is 0.497 e. The van der Waals surface area contributed by atoms with E-state index >= 15 is 0 Å². The molecule has 26 heavy (non-hydrogen) atoms. The molecule has 7 nitrogen and oxygen atoms in total. The lowest BCUT2D eigenvalue weighted by molar-refractivity contribution is -0.117. The van der Waals surface area contributed by atoms with Crippen molar-refractivity contribution in [1.29, 1.82) is 0 Å². The highest BCUT2D eigenvalue weighted by molar-refractivity contribution is 5.99. The lowest BCUT2D eigenvalue weighted by Crippen LogP contribution is -2.37. The van der Waals surface area contributed by atoms with E-state index in [0.717, 1.165) is 5.69 Å². The summed E-state index contributed by atoms with van der Waals surface area (Å²) >= 11 is 0. The lowest BCUT2D eigenvalue weighted by atomic mass is 10.1. The Morgan fingerprint density at radius 3 is 2.88 bits per heavy atom. The van der Waals surface area contributed by atoms with Crippen LogP contribution in [0.3, 0.4) is 0 Å². The van der Waals surface area contributed by atoms with Crippen molar-refractivity contribution in [2.45, 2.75) is 12.5 Å². The second-order valence-corrected chi connectivity index (χ2v) is 6.15. The van der Waals surface area contributed by atoms with Gasteiger partial charge in [-0.25, -0.2) is 0 Å².